The van der Waals surface area contributed by atoms with E-state index >= 15 is 0 Å². The Hall–Kier alpha value is -2.34. The number of ether oxygens (including phenoxy) is 1. The molecule has 0 radical (unpaired) electrons. The Morgan fingerprint density at radius 1 is 1.29 bits per heavy atom. The molecular weight excluding hydrogens is 302 g/mol. The topological polar surface area (TPSA) is 59.0 Å². The van der Waals surface area contributed by atoms with Crippen LogP contribution < -0.4 is 4.74 Å². The molecule has 6 nitrogen and oxygen atoms in total. The van der Waals surface area contributed by atoms with Crippen LogP contribution in [0.4, 0.5) is 0 Å². The Balaban J connectivity index is 1.79. The fourth-order valence-corrected chi connectivity index (χ4v) is 3.02. The zero-order valence-corrected chi connectivity index (χ0v) is 15.0. The van der Waals surface area contributed by atoms with Gasteiger partial charge in [-0.25, -0.2) is 0 Å². The summed E-state index contributed by atoms with van der Waals surface area (Å²) in [7, 11) is 3.80. The van der Waals surface area contributed by atoms with Crippen LogP contribution in [-0.2, 0) is 13.1 Å². The van der Waals surface area contributed by atoms with Crippen LogP contribution in [-0.4, -0.2) is 38.8 Å². The summed E-state index contributed by atoms with van der Waals surface area (Å²) in [5.74, 6) is 1.87. The van der Waals surface area contributed by atoms with Gasteiger partial charge in [0.05, 0.1) is 13.7 Å². The second-order valence-electron chi connectivity index (χ2n) is 6.56. The van der Waals surface area contributed by atoms with Crippen molar-refractivity contribution in [2.75, 3.05) is 14.2 Å². The largest absolute Gasteiger partial charge is 0.497 e. The van der Waals surface area contributed by atoms with Crippen molar-refractivity contribution in [3.05, 3.63) is 41.6 Å². The third kappa shape index (κ3) is 3.14. The van der Waals surface area contributed by atoms with Crippen molar-refractivity contribution in [2.45, 2.75) is 39.9 Å². The Labute approximate surface area is 142 Å². The van der Waals surface area contributed by atoms with Gasteiger partial charge in [-0.15, -0.1) is 10.2 Å². The number of aromatic amines is 1. The zero-order chi connectivity index (χ0) is 17.3. The van der Waals surface area contributed by atoms with Crippen molar-refractivity contribution in [3.8, 4) is 5.75 Å². The minimum Gasteiger partial charge on any atom is -0.497 e. The molecule has 1 aromatic carbocycles. The second kappa shape index (κ2) is 6.65. The van der Waals surface area contributed by atoms with Gasteiger partial charge in [0.15, 0.2) is 0 Å². The molecule has 24 heavy (non-hydrogen) atoms. The summed E-state index contributed by atoms with van der Waals surface area (Å²) in [4.78, 5) is 5.77. The second-order valence-corrected chi connectivity index (χ2v) is 6.56. The number of aryl methyl sites for hydroxylation is 1. The first-order chi connectivity index (χ1) is 11.5. The summed E-state index contributed by atoms with van der Waals surface area (Å²) >= 11 is 0. The van der Waals surface area contributed by atoms with Gasteiger partial charge in [-0.3, -0.25) is 4.90 Å². The molecule has 128 valence electrons. The molecule has 2 aromatic heterocycles. The molecule has 0 aliphatic rings. The molecule has 0 bridgehead atoms. The quantitative estimate of drug-likeness (QED) is 0.755. The van der Waals surface area contributed by atoms with Gasteiger partial charge in [0, 0.05) is 29.2 Å². The van der Waals surface area contributed by atoms with Crippen LogP contribution >= 0.6 is 0 Å². The van der Waals surface area contributed by atoms with E-state index in [1.807, 2.05) is 6.07 Å². The zero-order valence-electron chi connectivity index (χ0n) is 15.0. The molecule has 0 aliphatic carbocycles. The molecule has 0 spiro atoms. The van der Waals surface area contributed by atoms with Crippen LogP contribution in [0.25, 0.3) is 10.9 Å². The van der Waals surface area contributed by atoms with Crippen molar-refractivity contribution >= 4 is 10.9 Å². The summed E-state index contributed by atoms with van der Waals surface area (Å²) < 4.78 is 7.44. The van der Waals surface area contributed by atoms with Crippen molar-refractivity contribution < 1.29 is 4.74 Å². The number of hydrogen-bond donors (Lipinski definition) is 1. The maximum absolute atomic E-state index is 5.33. The van der Waals surface area contributed by atoms with Gasteiger partial charge in [-0.05, 0) is 51.6 Å². The fraction of sp³-hybridized carbons (Fsp3) is 0.444. The van der Waals surface area contributed by atoms with Gasteiger partial charge in [-0.1, -0.05) is 0 Å². The first-order valence-electron chi connectivity index (χ1n) is 8.21. The number of fused-ring (bicyclic) bond motifs is 1. The van der Waals surface area contributed by atoms with E-state index in [1.165, 1.54) is 16.6 Å². The predicted molar refractivity (Wildman–Crippen MR) is 95.2 cm³/mol. The van der Waals surface area contributed by atoms with Gasteiger partial charge < -0.3 is 14.3 Å². The number of benzene rings is 1. The first kappa shape index (κ1) is 16.5. The lowest BCUT2D eigenvalue weighted by Crippen LogP contribution is -2.21. The molecule has 0 fully saturated rings. The molecular formula is C18H25N5O. The third-order valence-electron chi connectivity index (χ3n) is 4.41. The molecule has 0 amide bonds. The summed E-state index contributed by atoms with van der Waals surface area (Å²) in [6, 6.07) is 6.50. The molecule has 1 N–H and O–H groups in total. The summed E-state index contributed by atoms with van der Waals surface area (Å²) in [6.45, 7) is 8.02. The van der Waals surface area contributed by atoms with E-state index in [2.05, 4.69) is 64.6 Å². The van der Waals surface area contributed by atoms with Crippen LogP contribution in [0, 0.1) is 6.92 Å². The van der Waals surface area contributed by atoms with Gasteiger partial charge in [0.25, 0.3) is 0 Å². The molecule has 2 heterocycles. The number of methoxy groups -OCH3 is 1. The first-order valence-corrected chi connectivity index (χ1v) is 8.21. The van der Waals surface area contributed by atoms with Gasteiger partial charge in [-0.2, -0.15) is 0 Å². The van der Waals surface area contributed by atoms with E-state index in [0.717, 1.165) is 30.2 Å². The molecule has 0 unspecified atom stereocenters. The van der Waals surface area contributed by atoms with Gasteiger partial charge in [0.2, 0.25) is 0 Å². The monoisotopic (exact) mass is 327 g/mol. The Morgan fingerprint density at radius 2 is 2.08 bits per heavy atom. The molecule has 0 atom stereocenters. The Kier molecular flexibility index (Phi) is 4.57. The third-order valence-corrected chi connectivity index (χ3v) is 4.41. The lowest BCUT2D eigenvalue weighted by atomic mass is 10.1. The minimum absolute atomic E-state index is 0.366. The molecule has 0 aliphatic heterocycles. The number of aromatic nitrogens is 4. The van der Waals surface area contributed by atoms with E-state index in [0.29, 0.717) is 6.04 Å². The highest BCUT2D eigenvalue weighted by molar-refractivity contribution is 5.85. The molecule has 3 rings (SSSR count). The number of H-pyrrole nitrogens is 1. The SMILES string of the molecule is COc1ccc2[nH]c(CN(C)Cc3nncn3C(C)C)c(C)c2c1. The van der Waals surface area contributed by atoms with Crippen LogP contribution in [0.2, 0.25) is 0 Å². The summed E-state index contributed by atoms with van der Waals surface area (Å²) in [5, 5.41) is 9.50. The average molecular weight is 327 g/mol. The van der Waals surface area contributed by atoms with Crippen molar-refractivity contribution in [3.63, 3.8) is 0 Å². The average Bonchev–Trinajstić information content (AvgIpc) is 3.13. The number of hydrogen-bond acceptors (Lipinski definition) is 4. The molecule has 3 aromatic rings. The Bertz CT molecular complexity index is 833. The highest BCUT2D eigenvalue weighted by Gasteiger charge is 2.14. The van der Waals surface area contributed by atoms with E-state index in [1.54, 1.807) is 13.4 Å². The lowest BCUT2D eigenvalue weighted by Gasteiger charge is -2.17. The van der Waals surface area contributed by atoms with E-state index in [9.17, 15) is 0 Å². The van der Waals surface area contributed by atoms with Crippen LogP contribution in [0.5, 0.6) is 5.75 Å². The predicted octanol–water partition coefficient (Wildman–Crippen LogP) is 3.29. The summed E-state index contributed by atoms with van der Waals surface area (Å²) in [5.41, 5.74) is 3.62. The maximum atomic E-state index is 5.33. The minimum atomic E-state index is 0.366. The normalized spacial score (nSPS) is 11.8. The van der Waals surface area contributed by atoms with Gasteiger partial charge >= 0.3 is 0 Å². The number of nitrogens with one attached hydrogen (secondary N) is 1. The Morgan fingerprint density at radius 3 is 2.79 bits per heavy atom. The fourth-order valence-electron chi connectivity index (χ4n) is 3.02. The molecule has 0 saturated carbocycles. The van der Waals surface area contributed by atoms with E-state index < -0.39 is 0 Å². The van der Waals surface area contributed by atoms with Crippen LogP contribution in [0.3, 0.4) is 0 Å². The van der Waals surface area contributed by atoms with Crippen molar-refractivity contribution in [1.29, 1.82) is 0 Å². The number of nitrogens with zero attached hydrogens (tertiary/aromatic N) is 4. The van der Waals surface area contributed by atoms with Crippen molar-refractivity contribution in [2.24, 2.45) is 0 Å². The van der Waals surface area contributed by atoms with Crippen molar-refractivity contribution in [1.82, 2.24) is 24.6 Å². The number of rotatable bonds is 6. The maximum Gasteiger partial charge on any atom is 0.147 e. The summed E-state index contributed by atoms with van der Waals surface area (Å²) in [6.07, 6.45) is 1.80. The van der Waals surface area contributed by atoms with Gasteiger partial charge in [0.1, 0.15) is 17.9 Å². The highest BCUT2D eigenvalue weighted by atomic mass is 16.5. The smallest absolute Gasteiger partial charge is 0.147 e. The molecule has 6 heteroatoms. The van der Waals surface area contributed by atoms with E-state index in [-0.39, 0.29) is 0 Å². The van der Waals surface area contributed by atoms with E-state index in [4.69, 9.17) is 4.74 Å². The van der Waals surface area contributed by atoms with Crippen LogP contribution in [0.15, 0.2) is 24.5 Å². The lowest BCUT2D eigenvalue weighted by molar-refractivity contribution is 0.298. The standard InChI is InChI=1S/C18H25N5O/c1-12(2)23-11-19-21-18(23)10-22(4)9-17-13(3)15-8-14(24-5)6-7-16(15)20-17/h6-8,11-12,20H,9-10H2,1-5H3. The molecule has 0 saturated heterocycles. The highest BCUT2D eigenvalue weighted by Crippen LogP contribution is 2.26. The van der Waals surface area contributed by atoms with Crippen LogP contribution in [0.1, 0.15) is 37.0 Å².